The van der Waals surface area contributed by atoms with Gasteiger partial charge in [0.05, 0.1) is 31.2 Å². The first-order chi connectivity index (χ1) is 16.0. The van der Waals surface area contributed by atoms with Crippen molar-refractivity contribution in [3.8, 4) is 40.0 Å². The molecule has 6 heteroatoms. The molecule has 1 fully saturated rings. The van der Waals surface area contributed by atoms with Crippen LogP contribution in [-0.4, -0.2) is 24.2 Å². The summed E-state index contributed by atoms with van der Waals surface area (Å²) < 4.78 is 11.0. The third kappa shape index (κ3) is 3.42. The summed E-state index contributed by atoms with van der Waals surface area (Å²) in [5, 5.41) is 10.7. The van der Waals surface area contributed by atoms with Crippen LogP contribution in [0.5, 0.6) is 11.6 Å². The number of methoxy groups -OCH3 is 2. The van der Waals surface area contributed by atoms with Crippen LogP contribution in [0.25, 0.3) is 33.2 Å². The van der Waals surface area contributed by atoms with Crippen molar-refractivity contribution in [2.75, 3.05) is 14.2 Å². The maximum Gasteiger partial charge on any atom is 0.258 e. The molecule has 0 saturated heterocycles. The van der Waals surface area contributed by atoms with Gasteiger partial charge in [-0.2, -0.15) is 5.26 Å². The number of hydrogen-bond acceptors (Lipinski definition) is 5. The number of rotatable bonds is 5. The Labute approximate surface area is 191 Å². The Balaban J connectivity index is 1.83. The van der Waals surface area contributed by atoms with Gasteiger partial charge in [0.1, 0.15) is 5.75 Å². The molecule has 2 aromatic carbocycles. The maximum atomic E-state index is 12.9. The molecule has 0 spiro atoms. The van der Waals surface area contributed by atoms with E-state index >= 15 is 0 Å². The monoisotopic (exact) mass is 437 g/mol. The predicted octanol–water partition coefficient (Wildman–Crippen LogP) is 5.14. The Morgan fingerprint density at radius 2 is 1.76 bits per heavy atom. The van der Waals surface area contributed by atoms with Crippen molar-refractivity contribution in [3.63, 3.8) is 0 Å². The lowest BCUT2D eigenvalue weighted by atomic mass is 9.89. The van der Waals surface area contributed by atoms with E-state index in [4.69, 9.17) is 14.5 Å². The first-order valence-corrected chi connectivity index (χ1v) is 10.8. The topological polar surface area (TPSA) is 88.0 Å². The number of ether oxygens (including phenoxy) is 2. The Hall–Kier alpha value is -4.11. The van der Waals surface area contributed by atoms with Crippen LogP contribution >= 0.6 is 0 Å². The minimum atomic E-state index is -0.604. The van der Waals surface area contributed by atoms with E-state index in [1.54, 1.807) is 19.2 Å². The highest BCUT2D eigenvalue weighted by molar-refractivity contribution is 6.00. The minimum Gasteiger partial charge on any atom is -0.496 e. The van der Waals surface area contributed by atoms with Crippen LogP contribution in [0, 0.1) is 18.3 Å². The van der Waals surface area contributed by atoms with Gasteiger partial charge in [-0.25, -0.2) is 0 Å². The molecule has 0 amide bonds. The van der Waals surface area contributed by atoms with Crippen LogP contribution < -0.4 is 15.0 Å². The second kappa shape index (κ2) is 7.79. The van der Waals surface area contributed by atoms with E-state index in [0.717, 1.165) is 34.9 Å². The van der Waals surface area contributed by atoms with E-state index in [-0.39, 0.29) is 5.56 Å². The summed E-state index contributed by atoms with van der Waals surface area (Å²) in [7, 11) is 3.12. The highest BCUT2D eigenvalue weighted by Gasteiger charge is 2.47. The molecule has 4 aromatic rings. The van der Waals surface area contributed by atoms with Gasteiger partial charge in [-0.15, -0.1) is 0 Å². The van der Waals surface area contributed by atoms with Crippen molar-refractivity contribution in [1.82, 2.24) is 9.97 Å². The SMILES string of the molecule is COc1ccc(-c2cc(C3(C#N)CC3)c(OC)c3cc(-c4ccc(C)cc4)cnc23)c(=O)[nH]1. The molecule has 33 heavy (non-hydrogen) atoms. The standard InChI is InChI=1S/C27H23N3O3/c1-16-4-6-17(7-5-16)18-12-21-24(29-14-18)20(19-8-9-23(32-2)30-26(19)31)13-22(25(21)33-3)27(15-28)10-11-27/h4-9,12-14H,10-11H2,1-3H3,(H,30,31). The highest BCUT2D eigenvalue weighted by atomic mass is 16.5. The number of nitriles is 1. The molecule has 2 aromatic heterocycles. The number of aryl methyl sites for hydroxylation is 1. The fourth-order valence-electron chi connectivity index (χ4n) is 4.31. The average molecular weight is 437 g/mol. The molecule has 5 rings (SSSR count). The van der Waals surface area contributed by atoms with Crippen molar-refractivity contribution in [2.24, 2.45) is 0 Å². The van der Waals surface area contributed by atoms with E-state index in [2.05, 4.69) is 35.3 Å². The van der Waals surface area contributed by atoms with Crippen LogP contribution in [0.4, 0.5) is 0 Å². The maximum absolute atomic E-state index is 12.9. The van der Waals surface area contributed by atoms with Crippen LogP contribution in [0.15, 0.2) is 59.5 Å². The van der Waals surface area contributed by atoms with Gasteiger partial charge in [-0.3, -0.25) is 14.8 Å². The summed E-state index contributed by atoms with van der Waals surface area (Å²) in [6.07, 6.45) is 3.33. The van der Waals surface area contributed by atoms with Gasteiger partial charge in [0.2, 0.25) is 0 Å². The molecule has 1 aliphatic carbocycles. The second-order valence-corrected chi connectivity index (χ2v) is 8.45. The zero-order valence-electron chi connectivity index (χ0n) is 18.7. The predicted molar refractivity (Wildman–Crippen MR) is 128 cm³/mol. The second-order valence-electron chi connectivity index (χ2n) is 8.45. The molecule has 1 N–H and O–H groups in total. The normalized spacial score (nSPS) is 14.0. The molecule has 0 radical (unpaired) electrons. The van der Waals surface area contributed by atoms with Crippen LogP contribution in [-0.2, 0) is 5.41 Å². The van der Waals surface area contributed by atoms with Gasteiger partial charge in [0.25, 0.3) is 5.56 Å². The van der Waals surface area contributed by atoms with Crippen LogP contribution in [0.2, 0.25) is 0 Å². The quantitative estimate of drug-likeness (QED) is 0.467. The molecule has 164 valence electrons. The van der Waals surface area contributed by atoms with E-state index in [1.807, 2.05) is 25.3 Å². The fourth-order valence-corrected chi connectivity index (χ4v) is 4.31. The lowest BCUT2D eigenvalue weighted by molar-refractivity contribution is 0.397. The number of pyridine rings is 2. The Morgan fingerprint density at radius 1 is 1.00 bits per heavy atom. The first kappa shape index (κ1) is 20.8. The fraction of sp³-hybridized carbons (Fsp3) is 0.222. The van der Waals surface area contributed by atoms with Gasteiger partial charge in [0, 0.05) is 33.8 Å². The number of nitrogens with zero attached hydrogens (tertiary/aromatic N) is 2. The van der Waals surface area contributed by atoms with Gasteiger partial charge in [-0.05, 0) is 49.6 Å². The lowest BCUT2D eigenvalue weighted by Crippen LogP contribution is -2.12. The number of hydrogen-bond donors (Lipinski definition) is 1. The summed E-state index contributed by atoms with van der Waals surface area (Å²) in [6.45, 7) is 2.05. The lowest BCUT2D eigenvalue weighted by Gasteiger charge is -2.18. The Morgan fingerprint density at radius 3 is 2.36 bits per heavy atom. The minimum absolute atomic E-state index is 0.280. The molecule has 0 unspecified atom stereocenters. The smallest absolute Gasteiger partial charge is 0.258 e. The molecule has 0 bridgehead atoms. The summed E-state index contributed by atoms with van der Waals surface area (Å²) in [5.74, 6) is 1.02. The number of aromatic amines is 1. The molecule has 1 saturated carbocycles. The first-order valence-electron chi connectivity index (χ1n) is 10.8. The number of nitrogens with one attached hydrogen (secondary N) is 1. The Bertz CT molecular complexity index is 1480. The van der Waals surface area contributed by atoms with Gasteiger partial charge in [0.15, 0.2) is 5.88 Å². The number of H-pyrrole nitrogens is 1. The van der Waals surface area contributed by atoms with Crippen molar-refractivity contribution in [2.45, 2.75) is 25.2 Å². The van der Waals surface area contributed by atoms with Crippen LogP contribution in [0.1, 0.15) is 24.0 Å². The van der Waals surface area contributed by atoms with E-state index < -0.39 is 5.41 Å². The molecule has 1 aliphatic rings. The zero-order valence-corrected chi connectivity index (χ0v) is 18.7. The van der Waals surface area contributed by atoms with Crippen LogP contribution in [0.3, 0.4) is 0 Å². The van der Waals surface area contributed by atoms with Crippen molar-refractivity contribution in [3.05, 3.63) is 76.2 Å². The molecule has 2 heterocycles. The average Bonchev–Trinajstić information content (AvgIpc) is 3.64. The van der Waals surface area contributed by atoms with E-state index in [9.17, 15) is 10.1 Å². The van der Waals surface area contributed by atoms with E-state index in [0.29, 0.717) is 28.3 Å². The summed E-state index contributed by atoms with van der Waals surface area (Å²) in [4.78, 5) is 20.4. The third-order valence-electron chi connectivity index (χ3n) is 6.38. The van der Waals surface area contributed by atoms with Gasteiger partial charge >= 0.3 is 0 Å². The summed E-state index contributed by atoms with van der Waals surface area (Å²) in [6, 6.07) is 18.1. The molecule has 0 aliphatic heterocycles. The Kier molecular flexibility index (Phi) is 4.90. The number of aromatic nitrogens is 2. The number of benzene rings is 2. The summed E-state index contributed by atoms with van der Waals surface area (Å²) in [5.41, 5.74) is 4.85. The number of fused-ring (bicyclic) bond motifs is 1. The third-order valence-corrected chi connectivity index (χ3v) is 6.38. The molecule has 6 nitrogen and oxygen atoms in total. The summed E-state index contributed by atoms with van der Waals surface area (Å²) >= 11 is 0. The van der Waals surface area contributed by atoms with Crippen molar-refractivity contribution in [1.29, 1.82) is 5.26 Å². The van der Waals surface area contributed by atoms with Gasteiger partial charge < -0.3 is 9.47 Å². The largest absolute Gasteiger partial charge is 0.496 e. The highest BCUT2D eigenvalue weighted by Crippen LogP contribution is 2.53. The van der Waals surface area contributed by atoms with E-state index in [1.165, 1.54) is 12.7 Å². The molecular weight excluding hydrogens is 414 g/mol. The zero-order chi connectivity index (χ0) is 23.2. The van der Waals surface area contributed by atoms with Crippen molar-refractivity contribution >= 4 is 10.9 Å². The van der Waals surface area contributed by atoms with Gasteiger partial charge in [-0.1, -0.05) is 29.8 Å². The molecule has 0 atom stereocenters. The van der Waals surface area contributed by atoms with Crippen molar-refractivity contribution < 1.29 is 9.47 Å². The molecular formula is C27H23N3O3.